The zero-order valence-corrected chi connectivity index (χ0v) is 12.7. The second-order valence-corrected chi connectivity index (χ2v) is 4.94. The SMILES string of the molecule is CCNC(=O)CNCC(O)COc1ccc(Cl)c(Cl)c1. The third kappa shape index (κ3) is 6.43. The van der Waals surface area contributed by atoms with Gasteiger partial charge in [-0.3, -0.25) is 4.79 Å². The molecular weight excluding hydrogens is 303 g/mol. The smallest absolute Gasteiger partial charge is 0.233 e. The largest absolute Gasteiger partial charge is 0.491 e. The van der Waals surface area contributed by atoms with E-state index in [1.165, 1.54) is 0 Å². The van der Waals surface area contributed by atoms with Gasteiger partial charge in [0, 0.05) is 19.2 Å². The van der Waals surface area contributed by atoms with E-state index in [0.717, 1.165) is 0 Å². The number of rotatable bonds is 8. The number of ether oxygens (including phenoxy) is 1. The Bertz CT molecular complexity index is 444. The highest BCUT2D eigenvalue weighted by Gasteiger charge is 2.07. The Morgan fingerprint density at radius 1 is 1.40 bits per heavy atom. The molecule has 1 amide bonds. The lowest BCUT2D eigenvalue weighted by molar-refractivity contribution is -0.120. The molecule has 7 heteroatoms. The lowest BCUT2D eigenvalue weighted by atomic mass is 10.3. The summed E-state index contributed by atoms with van der Waals surface area (Å²) in [6.45, 7) is 2.96. The third-order valence-electron chi connectivity index (χ3n) is 2.37. The van der Waals surface area contributed by atoms with Gasteiger partial charge in [-0.05, 0) is 19.1 Å². The fourth-order valence-corrected chi connectivity index (χ4v) is 1.72. The van der Waals surface area contributed by atoms with Crippen molar-refractivity contribution in [2.24, 2.45) is 0 Å². The van der Waals surface area contributed by atoms with Gasteiger partial charge in [0.15, 0.2) is 0 Å². The first-order chi connectivity index (χ1) is 9.52. The molecule has 0 aliphatic rings. The molecule has 0 spiro atoms. The molecule has 0 radical (unpaired) electrons. The average molecular weight is 321 g/mol. The molecule has 1 aromatic carbocycles. The Balaban J connectivity index is 2.24. The Labute approximate surface area is 128 Å². The maximum absolute atomic E-state index is 11.2. The second kappa shape index (κ2) is 9.02. The number of amides is 1. The van der Waals surface area contributed by atoms with Gasteiger partial charge in [0.2, 0.25) is 5.91 Å². The number of nitrogens with one attached hydrogen (secondary N) is 2. The van der Waals surface area contributed by atoms with Crippen LogP contribution in [0.3, 0.4) is 0 Å². The van der Waals surface area contributed by atoms with Gasteiger partial charge in [0.05, 0.1) is 16.6 Å². The summed E-state index contributed by atoms with van der Waals surface area (Å²) in [6.07, 6.45) is -0.723. The van der Waals surface area contributed by atoms with Crippen LogP contribution in [0, 0.1) is 0 Å². The lowest BCUT2D eigenvalue weighted by Crippen LogP contribution is -2.38. The highest BCUT2D eigenvalue weighted by atomic mass is 35.5. The van der Waals surface area contributed by atoms with Gasteiger partial charge >= 0.3 is 0 Å². The van der Waals surface area contributed by atoms with Crippen LogP contribution >= 0.6 is 23.2 Å². The van der Waals surface area contributed by atoms with Crippen LogP contribution in [0.1, 0.15) is 6.92 Å². The fraction of sp³-hybridized carbons (Fsp3) is 0.462. The van der Waals surface area contributed by atoms with Gasteiger partial charge in [0.1, 0.15) is 18.5 Å². The first-order valence-electron chi connectivity index (χ1n) is 6.26. The van der Waals surface area contributed by atoms with E-state index in [2.05, 4.69) is 10.6 Å². The highest BCUT2D eigenvalue weighted by molar-refractivity contribution is 6.42. The number of hydrogen-bond donors (Lipinski definition) is 3. The molecule has 3 N–H and O–H groups in total. The van der Waals surface area contributed by atoms with Crippen LogP contribution < -0.4 is 15.4 Å². The van der Waals surface area contributed by atoms with E-state index in [-0.39, 0.29) is 25.6 Å². The van der Waals surface area contributed by atoms with Gasteiger partial charge in [-0.15, -0.1) is 0 Å². The molecular formula is C13H18Cl2N2O3. The molecule has 0 saturated carbocycles. The average Bonchev–Trinajstić information content (AvgIpc) is 2.40. The van der Waals surface area contributed by atoms with Crippen molar-refractivity contribution in [3.05, 3.63) is 28.2 Å². The van der Waals surface area contributed by atoms with Crippen LogP contribution in [-0.4, -0.2) is 43.4 Å². The predicted molar refractivity (Wildman–Crippen MR) is 79.5 cm³/mol. The van der Waals surface area contributed by atoms with Gasteiger partial charge in [0.25, 0.3) is 0 Å². The topological polar surface area (TPSA) is 70.6 Å². The van der Waals surface area contributed by atoms with Gasteiger partial charge in [-0.1, -0.05) is 23.2 Å². The summed E-state index contributed by atoms with van der Waals surface area (Å²) in [7, 11) is 0. The van der Waals surface area contributed by atoms with Crippen molar-refractivity contribution in [1.29, 1.82) is 0 Å². The first kappa shape index (κ1) is 17.0. The molecule has 112 valence electrons. The number of benzene rings is 1. The van der Waals surface area contributed by atoms with Crippen LogP contribution in [0.25, 0.3) is 0 Å². The molecule has 20 heavy (non-hydrogen) atoms. The number of halogens is 2. The van der Waals surface area contributed by atoms with Crippen molar-refractivity contribution in [3.63, 3.8) is 0 Å². The summed E-state index contributed by atoms with van der Waals surface area (Å²) >= 11 is 11.6. The third-order valence-corrected chi connectivity index (χ3v) is 3.11. The second-order valence-electron chi connectivity index (χ2n) is 4.13. The zero-order chi connectivity index (χ0) is 15.0. The summed E-state index contributed by atoms with van der Waals surface area (Å²) in [6, 6.07) is 4.88. The molecule has 0 aromatic heterocycles. The minimum Gasteiger partial charge on any atom is -0.491 e. The Morgan fingerprint density at radius 2 is 2.15 bits per heavy atom. The number of aliphatic hydroxyl groups is 1. The number of aliphatic hydroxyl groups excluding tert-OH is 1. The van der Waals surface area contributed by atoms with Gasteiger partial charge < -0.3 is 20.5 Å². The number of hydrogen-bond acceptors (Lipinski definition) is 4. The number of carbonyl (C=O) groups excluding carboxylic acids is 1. The normalized spacial score (nSPS) is 12.0. The van der Waals surface area contributed by atoms with Crippen molar-refractivity contribution >= 4 is 29.1 Å². The monoisotopic (exact) mass is 320 g/mol. The summed E-state index contributed by atoms with van der Waals surface area (Å²) in [5, 5.41) is 16.0. The Hall–Kier alpha value is -1.01. The molecule has 0 heterocycles. The quantitative estimate of drug-likeness (QED) is 0.678. The molecule has 0 saturated heterocycles. The van der Waals surface area contributed by atoms with Crippen molar-refractivity contribution in [2.45, 2.75) is 13.0 Å². The van der Waals surface area contributed by atoms with Crippen LogP contribution in [0.5, 0.6) is 5.75 Å². The maximum Gasteiger partial charge on any atom is 0.233 e. The summed E-state index contributed by atoms with van der Waals surface area (Å²) in [4.78, 5) is 11.2. The standard InChI is InChI=1S/C13H18Cl2N2O3/c1-2-17-13(19)7-16-6-9(18)8-20-10-3-4-11(14)12(15)5-10/h3-5,9,16,18H,2,6-8H2,1H3,(H,17,19). The van der Waals surface area contributed by atoms with E-state index < -0.39 is 6.10 Å². The predicted octanol–water partition coefficient (Wildman–Crippen LogP) is 1.46. The van der Waals surface area contributed by atoms with Crippen LogP contribution in [0.4, 0.5) is 0 Å². The maximum atomic E-state index is 11.2. The summed E-state index contributed by atoms with van der Waals surface area (Å²) < 4.78 is 5.38. The first-order valence-corrected chi connectivity index (χ1v) is 7.01. The Morgan fingerprint density at radius 3 is 2.80 bits per heavy atom. The molecule has 1 atom stereocenters. The number of likely N-dealkylation sites (N-methyl/N-ethyl adjacent to an activating group) is 1. The van der Waals surface area contributed by atoms with Crippen LogP contribution in [-0.2, 0) is 4.79 Å². The zero-order valence-electron chi connectivity index (χ0n) is 11.2. The number of carbonyl (C=O) groups is 1. The molecule has 1 rings (SSSR count). The molecule has 1 aromatic rings. The molecule has 1 unspecified atom stereocenters. The molecule has 0 bridgehead atoms. The fourth-order valence-electron chi connectivity index (χ4n) is 1.43. The summed E-state index contributed by atoms with van der Waals surface area (Å²) in [5.74, 6) is 0.423. The minimum atomic E-state index is -0.723. The van der Waals surface area contributed by atoms with Crippen molar-refractivity contribution < 1.29 is 14.6 Å². The summed E-state index contributed by atoms with van der Waals surface area (Å²) in [5.41, 5.74) is 0. The van der Waals surface area contributed by atoms with E-state index in [1.54, 1.807) is 18.2 Å². The van der Waals surface area contributed by atoms with Gasteiger partial charge in [-0.2, -0.15) is 0 Å². The molecule has 0 aliphatic heterocycles. The molecule has 0 fully saturated rings. The van der Waals surface area contributed by atoms with Crippen LogP contribution in [0.15, 0.2) is 18.2 Å². The van der Waals surface area contributed by atoms with E-state index >= 15 is 0 Å². The van der Waals surface area contributed by atoms with E-state index in [4.69, 9.17) is 27.9 Å². The van der Waals surface area contributed by atoms with E-state index in [9.17, 15) is 9.90 Å². The molecule has 0 aliphatic carbocycles. The molecule has 5 nitrogen and oxygen atoms in total. The van der Waals surface area contributed by atoms with Crippen molar-refractivity contribution in [3.8, 4) is 5.75 Å². The minimum absolute atomic E-state index is 0.0976. The van der Waals surface area contributed by atoms with Crippen molar-refractivity contribution in [1.82, 2.24) is 10.6 Å². The highest BCUT2D eigenvalue weighted by Crippen LogP contribution is 2.26. The van der Waals surface area contributed by atoms with Gasteiger partial charge in [-0.25, -0.2) is 0 Å². The Kier molecular flexibility index (Phi) is 7.69. The lowest BCUT2D eigenvalue weighted by Gasteiger charge is -2.13. The van der Waals surface area contributed by atoms with Crippen LogP contribution in [0.2, 0.25) is 10.0 Å². The van der Waals surface area contributed by atoms with Crippen molar-refractivity contribution in [2.75, 3.05) is 26.2 Å². The van der Waals surface area contributed by atoms with E-state index in [1.807, 2.05) is 6.92 Å². The van der Waals surface area contributed by atoms with E-state index in [0.29, 0.717) is 22.3 Å².